The van der Waals surface area contributed by atoms with E-state index in [0.717, 1.165) is 24.2 Å². The molecule has 1 aliphatic carbocycles. The maximum absolute atomic E-state index is 12.6. The topological polar surface area (TPSA) is 55.4 Å². The van der Waals surface area contributed by atoms with Gasteiger partial charge < -0.3 is 0 Å². The highest BCUT2D eigenvalue weighted by Crippen LogP contribution is 2.34. The molecular formula is C22H23N5O. The molecule has 0 fully saturated rings. The normalized spacial score (nSPS) is 16.8. The second-order valence-corrected chi connectivity index (χ2v) is 7.65. The van der Waals surface area contributed by atoms with Gasteiger partial charge in [0.25, 0.3) is 5.56 Å². The van der Waals surface area contributed by atoms with Crippen molar-refractivity contribution < 1.29 is 0 Å². The highest BCUT2D eigenvalue weighted by Gasteiger charge is 2.25. The molecule has 6 nitrogen and oxygen atoms in total. The number of para-hydroxylation sites is 1. The Morgan fingerprint density at radius 2 is 1.89 bits per heavy atom. The van der Waals surface area contributed by atoms with Crippen molar-refractivity contribution >= 4 is 16.7 Å². The van der Waals surface area contributed by atoms with Crippen LogP contribution in [0.5, 0.6) is 0 Å². The van der Waals surface area contributed by atoms with Gasteiger partial charge in [-0.25, -0.2) is 0 Å². The number of rotatable bonds is 3. The van der Waals surface area contributed by atoms with E-state index in [1.54, 1.807) is 11.6 Å². The third-order valence-corrected chi connectivity index (χ3v) is 5.95. The molecule has 0 bridgehead atoms. The maximum Gasteiger partial charge on any atom is 0.262 e. The van der Waals surface area contributed by atoms with Crippen molar-refractivity contribution in [2.75, 3.05) is 7.05 Å². The molecule has 142 valence electrons. The Morgan fingerprint density at radius 3 is 2.79 bits per heavy atom. The number of aromatic nitrogens is 4. The van der Waals surface area contributed by atoms with Crippen LogP contribution in [-0.4, -0.2) is 31.1 Å². The van der Waals surface area contributed by atoms with Crippen molar-refractivity contribution in [2.24, 2.45) is 7.05 Å². The van der Waals surface area contributed by atoms with E-state index in [9.17, 15) is 4.79 Å². The van der Waals surface area contributed by atoms with E-state index in [2.05, 4.69) is 46.4 Å². The summed E-state index contributed by atoms with van der Waals surface area (Å²) in [5.74, 6) is 1.43. The molecule has 2 aromatic carbocycles. The number of hydrogen-bond donors (Lipinski definition) is 0. The summed E-state index contributed by atoms with van der Waals surface area (Å²) in [6, 6.07) is 16.8. The van der Waals surface area contributed by atoms with Gasteiger partial charge in [-0.05, 0) is 49.6 Å². The fourth-order valence-electron chi connectivity index (χ4n) is 4.51. The minimum atomic E-state index is -0.0448. The van der Waals surface area contributed by atoms with Crippen LogP contribution in [0.3, 0.4) is 0 Å². The number of hydrogen-bond acceptors (Lipinski definition) is 4. The van der Waals surface area contributed by atoms with E-state index >= 15 is 0 Å². The van der Waals surface area contributed by atoms with Crippen LogP contribution in [0.4, 0.5) is 0 Å². The summed E-state index contributed by atoms with van der Waals surface area (Å²) in [5, 5.41) is 9.46. The van der Waals surface area contributed by atoms with Gasteiger partial charge in [-0.2, -0.15) is 0 Å². The Labute approximate surface area is 163 Å². The van der Waals surface area contributed by atoms with Crippen LogP contribution in [0.15, 0.2) is 53.3 Å². The van der Waals surface area contributed by atoms with Gasteiger partial charge in [0.15, 0.2) is 5.82 Å². The molecule has 0 radical (unpaired) electrons. The van der Waals surface area contributed by atoms with Gasteiger partial charge in [0.05, 0.1) is 17.4 Å². The Morgan fingerprint density at radius 1 is 1.11 bits per heavy atom. The fraction of sp³-hybridized carbons (Fsp3) is 0.318. The van der Waals surface area contributed by atoms with Crippen LogP contribution in [0.1, 0.15) is 35.8 Å². The first kappa shape index (κ1) is 17.1. The number of benzene rings is 2. The number of aryl methyl sites for hydroxylation is 2. The Bertz CT molecular complexity index is 1240. The average molecular weight is 373 g/mol. The van der Waals surface area contributed by atoms with Crippen molar-refractivity contribution in [3.8, 4) is 0 Å². The van der Waals surface area contributed by atoms with Gasteiger partial charge >= 0.3 is 0 Å². The molecule has 28 heavy (non-hydrogen) atoms. The lowest BCUT2D eigenvalue weighted by Crippen LogP contribution is -2.28. The molecule has 4 aromatic rings. The summed E-state index contributed by atoms with van der Waals surface area (Å²) in [6.07, 6.45) is 3.49. The first-order chi connectivity index (χ1) is 13.6. The first-order valence-electron chi connectivity index (χ1n) is 9.75. The lowest BCUT2D eigenvalue weighted by Gasteiger charge is -2.32. The molecule has 5 rings (SSSR count). The molecule has 1 unspecified atom stereocenters. The Kier molecular flexibility index (Phi) is 4.02. The second kappa shape index (κ2) is 6.56. The zero-order chi connectivity index (χ0) is 19.3. The molecule has 0 N–H and O–H groups in total. The summed E-state index contributed by atoms with van der Waals surface area (Å²) in [4.78, 5) is 15.0. The van der Waals surface area contributed by atoms with Crippen molar-refractivity contribution in [3.63, 3.8) is 0 Å². The fourth-order valence-corrected chi connectivity index (χ4v) is 4.51. The number of fused-ring (bicyclic) bond motifs is 4. The van der Waals surface area contributed by atoms with Gasteiger partial charge in [-0.15, -0.1) is 10.2 Å². The third kappa shape index (κ3) is 2.56. The zero-order valence-electron chi connectivity index (χ0n) is 16.2. The Hall–Kier alpha value is -2.99. The molecular weight excluding hydrogens is 350 g/mol. The van der Waals surface area contributed by atoms with Crippen molar-refractivity contribution in [3.05, 3.63) is 75.8 Å². The van der Waals surface area contributed by atoms with Crippen LogP contribution in [0.25, 0.3) is 16.7 Å². The molecule has 0 amide bonds. The minimum absolute atomic E-state index is 0.0448. The summed E-state index contributed by atoms with van der Waals surface area (Å²) < 4.78 is 3.59. The van der Waals surface area contributed by atoms with Crippen LogP contribution in [0, 0.1) is 0 Å². The van der Waals surface area contributed by atoms with Crippen molar-refractivity contribution in [2.45, 2.75) is 31.8 Å². The van der Waals surface area contributed by atoms with E-state index in [4.69, 9.17) is 0 Å². The standard InChI is InChI=1S/C22H23N5O/c1-25(18-13-7-9-15-8-3-4-10-16(15)18)14-20-23-24-22-26(2)21(28)17-11-5-6-12-19(17)27(20)22/h3-6,8,10-12,18H,7,9,13-14H2,1-2H3. The lowest BCUT2D eigenvalue weighted by molar-refractivity contribution is 0.208. The highest BCUT2D eigenvalue weighted by atomic mass is 16.1. The van der Waals surface area contributed by atoms with Crippen LogP contribution < -0.4 is 5.56 Å². The second-order valence-electron chi connectivity index (χ2n) is 7.65. The summed E-state index contributed by atoms with van der Waals surface area (Å²) >= 11 is 0. The van der Waals surface area contributed by atoms with Gasteiger partial charge in [-0.3, -0.25) is 18.7 Å². The maximum atomic E-state index is 12.6. The summed E-state index contributed by atoms with van der Waals surface area (Å²) in [7, 11) is 3.90. The molecule has 0 aliphatic heterocycles. The van der Waals surface area contributed by atoms with Crippen LogP contribution in [-0.2, 0) is 20.0 Å². The van der Waals surface area contributed by atoms with Gasteiger partial charge in [0.2, 0.25) is 5.78 Å². The molecule has 1 atom stereocenters. The summed E-state index contributed by atoms with van der Waals surface area (Å²) in [6.45, 7) is 0.669. The van der Waals surface area contributed by atoms with Gasteiger partial charge in [0, 0.05) is 13.1 Å². The molecule has 1 aliphatic rings. The third-order valence-electron chi connectivity index (χ3n) is 5.95. The van der Waals surface area contributed by atoms with Crippen LogP contribution in [0.2, 0.25) is 0 Å². The van der Waals surface area contributed by atoms with E-state index in [0.29, 0.717) is 23.8 Å². The quantitative estimate of drug-likeness (QED) is 0.554. The average Bonchev–Trinajstić information content (AvgIpc) is 3.15. The van der Waals surface area contributed by atoms with E-state index in [-0.39, 0.29) is 5.56 Å². The smallest absolute Gasteiger partial charge is 0.262 e. The minimum Gasteiger partial charge on any atom is -0.292 e. The predicted octanol–water partition coefficient (Wildman–Crippen LogP) is 3.09. The molecule has 2 heterocycles. The SMILES string of the molecule is CN(Cc1nnc2n(C)c(=O)c3ccccc3n12)C1CCCc2ccccc21. The van der Waals surface area contributed by atoms with Crippen LogP contribution >= 0.6 is 0 Å². The lowest BCUT2D eigenvalue weighted by atomic mass is 9.87. The first-order valence-corrected chi connectivity index (χ1v) is 9.75. The highest BCUT2D eigenvalue weighted by molar-refractivity contribution is 5.80. The molecule has 0 saturated heterocycles. The molecule has 0 saturated carbocycles. The summed E-state index contributed by atoms with van der Waals surface area (Å²) in [5.41, 5.74) is 3.68. The largest absolute Gasteiger partial charge is 0.292 e. The van der Waals surface area contributed by atoms with E-state index < -0.39 is 0 Å². The molecule has 6 heteroatoms. The van der Waals surface area contributed by atoms with Gasteiger partial charge in [-0.1, -0.05) is 36.4 Å². The predicted molar refractivity (Wildman–Crippen MR) is 109 cm³/mol. The van der Waals surface area contributed by atoms with Crippen molar-refractivity contribution in [1.29, 1.82) is 0 Å². The molecule has 2 aromatic heterocycles. The van der Waals surface area contributed by atoms with Gasteiger partial charge in [0.1, 0.15) is 0 Å². The zero-order valence-corrected chi connectivity index (χ0v) is 16.2. The number of nitrogens with zero attached hydrogens (tertiary/aromatic N) is 5. The van der Waals surface area contributed by atoms with E-state index in [1.807, 2.05) is 28.7 Å². The Balaban J connectivity index is 1.59. The monoisotopic (exact) mass is 373 g/mol. The van der Waals surface area contributed by atoms with Crippen molar-refractivity contribution in [1.82, 2.24) is 24.1 Å². The van der Waals surface area contributed by atoms with E-state index in [1.165, 1.54) is 17.5 Å². The molecule has 0 spiro atoms.